The highest BCUT2D eigenvalue weighted by molar-refractivity contribution is 7.87. The van der Waals surface area contributed by atoms with E-state index in [1.807, 2.05) is 0 Å². The molecule has 1 aromatic carbocycles. The third-order valence-electron chi connectivity index (χ3n) is 3.98. The lowest BCUT2D eigenvalue weighted by atomic mass is 10.1. The molecule has 1 saturated heterocycles. The number of ether oxygens (including phenoxy) is 4. The van der Waals surface area contributed by atoms with Crippen LogP contribution in [0.25, 0.3) is 0 Å². The second-order valence-electron chi connectivity index (χ2n) is 6.64. The number of hydrogen-bond donors (Lipinski definition) is 0. The second-order valence-corrected chi connectivity index (χ2v) is 8.18. The maximum atomic E-state index is 12.7. The average molecular weight is 438 g/mol. The van der Waals surface area contributed by atoms with Crippen LogP contribution in [0.1, 0.15) is 19.4 Å². The molecule has 3 rings (SSSR count). The minimum absolute atomic E-state index is 0.0670. The molecule has 2 aliphatic rings. The Kier molecular flexibility index (Phi) is 5.54. The first-order valence-corrected chi connectivity index (χ1v) is 9.75. The molecule has 0 bridgehead atoms. The number of carbonyl (C=O) groups is 1. The van der Waals surface area contributed by atoms with Crippen molar-refractivity contribution >= 4 is 16.1 Å². The van der Waals surface area contributed by atoms with Gasteiger partial charge in [-0.15, -0.1) is 0 Å². The van der Waals surface area contributed by atoms with E-state index in [2.05, 4.69) is 4.18 Å². The van der Waals surface area contributed by atoms with Gasteiger partial charge in [0.1, 0.15) is 12.7 Å². The second kappa shape index (κ2) is 7.50. The highest BCUT2D eigenvalue weighted by Crippen LogP contribution is 2.37. The molecule has 0 aliphatic carbocycles. The molecule has 0 radical (unpaired) electrons. The summed E-state index contributed by atoms with van der Waals surface area (Å²) in [5, 5.41) is 0. The van der Waals surface area contributed by atoms with Gasteiger partial charge in [-0.1, -0.05) is 30.3 Å². The molecule has 0 aromatic heterocycles. The number of cyclic esters (lactones) is 1. The van der Waals surface area contributed by atoms with Gasteiger partial charge in [-0.25, -0.2) is 4.79 Å². The summed E-state index contributed by atoms with van der Waals surface area (Å²) in [5.41, 5.74) is -5.13. The minimum atomic E-state index is -6.11. The molecule has 1 aromatic rings. The summed E-state index contributed by atoms with van der Waals surface area (Å²) in [6.07, 6.45) is -2.28. The lowest BCUT2D eigenvalue weighted by Crippen LogP contribution is -2.33. The Labute approximate surface area is 164 Å². The summed E-state index contributed by atoms with van der Waals surface area (Å²) >= 11 is 0. The van der Waals surface area contributed by atoms with Crippen LogP contribution < -0.4 is 0 Å². The average Bonchev–Trinajstić information content (AvgIpc) is 3.12. The van der Waals surface area contributed by atoms with Crippen LogP contribution >= 0.6 is 0 Å². The van der Waals surface area contributed by atoms with Gasteiger partial charge >= 0.3 is 21.6 Å². The molecule has 2 heterocycles. The van der Waals surface area contributed by atoms with E-state index in [1.54, 1.807) is 44.2 Å². The van der Waals surface area contributed by atoms with Crippen molar-refractivity contribution in [1.82, 2.24) is 0 Å². The number of hydrogen-bond acceptors (Lipinski definition) is 8. The standard InChI is InChI=1S/C17H17F3O8S/c1-16(2)25-9-11(27-16)12-13(24-8-10-6-4-3-5-7-10)14(15(21)26-12)28-29(22,23)17(18,19)20/h3-7,11-12H,8-9H2,1-2H3/t11-,12+/m0/s1. The van der Waals surface area contributed by atoms with Crippen molar-refractivity contribution in [3.8, 4) is 0 Å². The maximum absolute atomic E-state index is 12.7. The Hall–Kier alpha value is -2.31. The number of carbonyl (C=O) groups excluding carboxylic acids is 1. The molecular weight excluding hydrogens is 421 g/mol. The third kappa shape index (κ3) is 4.65. The molecule has 2 atom stereocenters. The van der Waals surface area contributed by atoms with Crippen LogP contribution in [-0.4, -0.2) is 44.5 Å². The van der Waals surface area contributed by atoms with Crippen molar-refractivity contribution in [1.29, 1.82) is 0 Å². The van der Waals surface area contributed by atoms with E-state index in [-0.39, 0.29) is 13.2 Å². The van der Waals surface area contributed by atoms with E-state index in [9.17, 15) is 26.4 Å². The normalized spacial score (nSPS) is 24.5. The van der Waals surface area contributed by atoms with Crippen LogP contribution in [0, 0.1) is 0 Å². The Morgan fingerprint density at radius 2 is 1.86 bits per heavy atom. The predicted molar refractivity (Wildman–Crippen MR) is 89.1 cm³/mol. The Morgan fingerprint density at radius 3 is 2.41 bits per heavy atom. The Balaban J connectivity index is 1.92. The molecule has 29 heavy (non-hydrogen) atoms. The molecular formula is C17H17F3O8S. The molecule has 0 saturated carbocycles. The van der Waals surface area contributed by atoms with Crippen LogP contribution in [0.4, 0.5) is 13.2 Å². The van der Waals surface area contributed by atoms with Gasteiger partial charge in [0.05, 0.1) is 6.61 Å². The lowest BCUT2D eigenvalue weighted by Gasteiger charge is -2.22. The van der Waals surface area contributed by atoms with Crippen molar-refractivity contribution in [2.24, 2.45) is 0 Å². The fourth-order valence-corrected chi connectivity index (χ4v) is 3.14. The van der Waals surface area contributed by atoms with E-state index < -0.39 is 51.1 Å². The van der Waals surface area contributed by atoms with E-state index in [1.165, 1.54) is 0 Å². The fourth-order valence-electron chi connectivity index (χ4n) is 2.68. The third-order valence-corrected chi connectivity index (χ3v) is 4.94. The van der Waals surface area contributed by atoms with Gasteiger partial charge in [-0.05, 0) is 19.4 Å². The number of alkyl halides is 3. The molecule has 1 fully saturated rings. The largest absolute Gasteiger partial charge is 0.534 e. The van der Waals surface area contributed by atoms with Crippen LogP contribution in [-0.2, 0) is 44.7 Å². The molecule has 0 spiro atoms. The summed E-state index contributed by atoms with van der Waals surface area (Å²) in [6, 6.07) is 8.46. The van der Waals surface area contributed by atoms with Gasteiger partial charge in [-0.3, -0.25) is 0 Å². The quantitative estimate of drug-likeness (QED) is 0.379. The van der Waals surface area contributed by atoms with Gasteiger partial charge in [0, 0.05) is 0 Å². The Morgan fingerprint density at radius 1 is 1.21 bits per heavy atom. The van der Waals surface area contributed by atoms with Crippen LogP contribution in [0.15, 0.2) is 41.9 Å². The zero-order valence-corrected chi connectivity index (χ0v) is 16.1. The van der Waals surface area contributed by atoms with Crippen molar-refractivity contribution in [2.45, 2.75) is 44.0 Å². The first-order valence-electron chi connectivity index (χ1n) is 8.34. The van der Waals surface area contributed by atoms with Crippen molar-refractivity contribution < 1.29 is 49.5 Å². The lowest BCUT2D eigenvalue weighted by molar-refractivity contribution is -0.163. The first-order chi connectivity index (χ1) is 13.4. The van der Waals surface area contributed by atoms with Gasteiger partial charge < -0.3 is 23.1 Å². The van der Waals surface area contributed by atoms with E-state index in [4.69, 9.17) is 18.9 Å². The summed E-state index contributed by atoms with van der Waals surface area (Å²) in [6.45, 7) is 2.93. The Bertz CT molecular complexity index is 908. The van der Waals surface area contributed by atoms with E-state index in [0.717, 1.165) is 0 Å². The summed E-state index contributed by atoms with van der Waals surface area (Å²) < 4.78 is 86.4. The number of rotatable bonds is 6. The summed E-state index contributed by atoms with van der Waals surface area (Å²) in [7, 11) is -6.11. The molecule has 0 unspecified atom stereocenters. The number of esters is 1. The molecule has 2 aliphatic heterocycles. The molecule has 8 nitrogen and oxygen atoms in total. The van der Waals surface area contributed by atoms with Crippen LogP contribution in [0.3, 0.4) is 0 Å². The SMILES string of the molecule is CC1(C)OC[C@@H]([C@H]2OC(=O)C(OS(=O)(=O)C(F)(F)F)=C2OCc2ccccc2)O1. The zero-order valence-electron chi connectivity index (χ0n) is 15.3. The van der Waals surface area contributed by atoms with Crippen molar-refractivity contribution in [3.63, 3.8) is 0 Å². The van der Waals surface area contributed by atoms with Crippen LogP contribution in [0.5, 0.6) is 0 Å². The minimum Gasteiger partial charge on any atom is -0.485 e. The van der Waals surface area contributed by atoms with Crippen LogP contribution in [0.2, 0.25) is 0 Å². The zero-order chi connectivity index (χ0) is 21.4. The predicted octanol–water partition coefficient (Wildman–Crippen LogP) is 2.36. The first kappa shape index (κ1) is 21.4. The van der Waals surface area contributed by atoms with Gasteiger partial charge in [-0.2, -0.15) is 21.6 Å². The van der Waals surface area contributed by atoms with Crippen molar-refractivity contribution in [2.75, 3.05) is 6.61 Å². The number of benzene rings is 1. The van der Waals surface area contributed by atoms with Gasteiger partial charge in [0.15, 0.2) is 17.7 Å². The summed E-state index contributed by atoms with van der Waals surface area (Å²) in [4.78, 5) is 12.1. The highest BCUT2D eigenvalue weighted by Gasteiger charge is 2.54. The molecule has 12 heteroatoms. The monoisotopic (exact) mass is 438 g/mol. The molecule has 160 valence electrons. The number of halogens is 3. The smallest absolute Gasteiger partial charge is 0.485 e. The maximum Gasteiger partial charge on any atom is 0.534 e. The highest BCUT2D eigenvalue weighted by atomic mass is 32.2. The van der Waals surface area contributed by atoms with E-state index in [0.29, 0.717) is 5.56 Å². The van der Waals surface area contributed by atoms with Crippen molar-refractivity contribution in [3.05, 3.63) is 47.4 Å². The molecule has 0 N–H and O–H groups in total. The topological polar surface area (TPSA) is 97.4 Å². The summed E-state index contributed by atoms with van der Waals surface area (Å²) in [5.74, 6) is -4.17. The van der Waals surface area contributed by atoms with Gasteiger partial charge in [0.25, 0.3) is 5.76 Å². The van der Waals surface area contributed by atoms with Gasteiger partial charge in [0.2, 0.25) is 0 Å². The molecule has 0 amide bonds. The van der Waals surface area contributed by atoms with E-state index >= 15 is 0 Å². The fraction of sp³-hybridized carbons (Fsp3) is 0.471.